The van der Waals surface area contributed by atoms with Crippen LogP contribution < -0.4 is 5.32 Å². The molecule has 2 aliphatic rings. The highest BCUT2D eigenvalue weighted by Crippen LogP contribution is 2.56. The SMILES string of the molecule is Cc1nnc(CN(Cc2ccsc2)[C@@H]2CC23CCNCC3)o1. The monoisotopic (exact) mass is 318 g/mol. The molecule has 0 unspecified atom stereocenters. The Morgan fingerprint density at radius 1 is 1.36 bits per heavy atom. The van der Waals surface area contributed by atoms with E-state index in [-0.39, 0.29) is 0 Å². The molecule has 1 spiro atoms. The largest absolute Gasteiger partial charge is 0.424 e. The highest BCUT2D eigenvalue weighted by atomic mass is 32.1. The summed E-state index contributed by atoms with van der Waals surface area (Å²) < 4.78 is 5.61. The molecule has 0 bridgehead atoms. The summed E-state index contributed by atoms with van der Waals surface area (Å²) in [4.78, 5) is 2.54. The molecule has 0 radical (unpaired) electrons. The van der Waals surface area contributed by atoms with E-state index in [1.165, 1.54) is 24.8 Å². The Balaban J connectivity index is 1.50. The molecule has 1 saturated heterocycles. The molecular weight excluding hydrogens is 296 g/mol. The zero-order valence-corrected chi connectivity index (χ0v) is 13.7. The fourth-order valence-corrected chi connectivity index (χ4v) is 4.43. The molecule has 6 heteroatoms. The van der Waals surface area contributed by atoms with Gasteiger partial charge in [0.05, 0.1) is 6.54 Å². The van der Waals surface area contributed by atoms with Gasteiger partial charge in [-0.15, -0.1) is 10.2 Å². The van der Waals surface area contributed by atoms with Gasteiger partial charge in [-0.25, -0.2) is 0 Å². The molecule has 0 amide bonds. The van der Waals surface area contributed by atoms with Gasteiger partial charge in [0.1, 0.15) is 0 Å². The van der Waals surface area contributed by atoms with E-state index < -0.39 is 0 Å². The van der Waals surface area contributed by atoms with Gasteiger partial charge in [-0.05, 0) is 60.2 Å². The number of piperidine rings is 1. The summed E-state index contributed by atoms with van der Waals surface area (Å²) in [5.41, 5.74) is 1.91. The Morgan fingerprint density at radius 3 is 2.91 bits per heavy atom. The Labute approximate surface area is 134 Å². The summed E-state index contributed by atoms with van der Waals surface area (Å²) in [5.74, 6) is 1.39. The number of hydrogen-bond acceptors (Lipinski definition) is 6. The first-order chi connectivity index (χ1) is 10.8. The number of aryl methyl sites for hydroxylation is 1. The predicted octanol–water partition coefficient (Wildman–Crippen LogP) is 2.58. The van der Waals surface area contributed by atoms with Crippen molar-refractivity contribution < 1.29 is 4.42 Å². The van der Waals surface area contributed by atoms with Crippen molar-refractivity contribution in [3.63, 3.8) is 0 Å². The zero-order valence-electron chi connectivity index (χ0n) is 12.9. The molecule has 22 heavy (non-hydrogen) atoms. The topological polar surface area (TPSA) is 54.2 Å². The van der Waals surface area contributed by atoms with Gasteiger partial charge in [0.25, 0.3) is 0 Å². The number of thiophene rings is 1. The number of aromatic nitrogens is 2. The Bertz CT molecular complexity index is 618. The van der Waals surface area contributed by atoms with Crippen molar-refractivity contribution >= 4 is 11.3 Å². The first-order valence-electron chi connectivity index (χ1n) is 8.00. The molecule has 5 nitrogen and oxygen atoms in total. The van der Waals surface area contributed by atoms with E-state index in [4.69, 9.17) is 4.42 Å². The van der Waals surface area contributed by atoms with Crippen molar-refractivity contribution in [3.05, 3.63) is 34.2 Å². The second kappa shape index (κ2) is 5.76. The lowest BCUT2D eigenvalue weighted by Gasteiger charge is -2.28. The van der Waals surface area contributed by atoms with E-state index in [0.29, 0.717) is 17.3 Å². The maximum absolute atomic E-state index is 5.61. The first-order valence-corrected chi connectivity index (χ1v) is 8.94. The minimum absolute atomic E-state index is 0.524. The Kier molecular flexibility index (Phi) is 3.76. The Hall–Kier alpha value is -1.24. The van der Waals surface area contributed by atoms with Crippen LogP contribution in [0.2, 0.25) is 0 Å². The predicted molar refractivity (Wildman–Crippen MR) is 85.5 cm³/mol. The van der Waals surface area contributed by atoms with Crippen molar-refractivity contribution in [3.8, 4) is 0 Å². The van der Waals surface area contributed by atoms with E-state index in [2.05, 4.69) is 37.2 Å². The lowest BCUT2D eigenvalue weighted by molar-refractivity contribution is 0.173. The first kappa shape index (κ1) is 14.4. The van der Waals surface area contributed by atoms with Crippen LogP contribution in [0.15, 0.2) is 21.2 Å². The number of nitrogens with one attached hydrogen (secondary N) is 1. The Morgan fingerprint density at radius 2 is 2.23 bits per heavy atom. The van der Waals surface area contributed by atoms with E-state index in [1.54, 1.807) is 11.3 Å². The fraction of sp³-hybridized carbons (Fsp3) is 0.625. The van der Waals surface area contributed by atoms with Crippen LogP contribution in [-0.4, -0.2) is 34.2 Å². The summed E-state index contributed by atoms with van der Waals surface area (Å²) in [6.45, 7) is 5.90. The molecular formula is C16H22N4OS. The third-order valence-electron chi connectivity index (χ3n) is 5.06. The van der Waals surface area contributed by atoms with Gasteiger partial charge < -0.3 is 9.73 Å². The third kappa shape index (κ3) is 2.83. The van der Waals surface area contributed by atoms with Crippen LogP contribution in [0, 0.1) is 12.3 Å². The molecule has 2 aromatic heterocycles. The highest BCUT2D eigenvalue weighted by molar-refractivity contribution is 7.07. The lowest BCUT2D eigenvalue weighted by atomic mass is 9.93. The van der Waals surface area contributed by atoms with Crippen molar-refractivity contribution in [1.82, 2.24) is 20.4 Å². The molecule has 1 atom stereocenters. The average molecular weight is 318 g/mol. The molecule has 3 heterocycles. The van der Waals surface area contributed by atoms with Crippen LogP contribution in [0.5, 0.6) is 0 Å². The van der Waals surface area contributed by atoms with Crippen LogP contribution in [0.1, 0.15) is 36.6 Å². The molecule has 118 valence electrons. The normalized spacial score (nSPS) is 23.3. The fourth-order valence-electron chi connectivity index (χ4n) is 3.77. The van der Waals surface area contributed by atoms with Gasteiger partial charge in [-0.1, -0.05) is 0 Å². The van der Waals surface area contributed by atoms with Gasteiger partial charge >= 0.3 is 0 Å². The van der Waals surface area contributed by atoms with Crippen LogP contribution in [-0.2, 0) is 13.1 Å². The average Bonchev–Trinajstić information content (AvgIpc) is 2.90. The van der Waals surface area contributed by atoms with E-state index in [1.807, 2.05) is 6.92 Å². The maximum Gasteiger partial charge on any atom is 0.230 e. The summed E-state index contributed by atoms with van der Waals surface area (Å²) in [6.07, 6.45) is 3.90. The molecule has 4 rings (SSSR count). The third-order valence-corrected chi connectivity index (χ3v) is 5.79. The lowest BCUT2D eigenvalue weighted by Crippen LogP contribution is -2.35. The second-order valence-corrected chi connectivity index (χ2v) is 7.36. The minimum Gasteiger partial charge on any atom is -0.424 e. The molecule has 1 N–H and O–H groups in total. The highest BCUT2D eigenvalue weighted by Gasteiger charge is 2.56. The maximum atomic E-state index is 5.61. The molecule has 2 fully saturated rings. The van der Waals surface area contributed by atoms with Gasteiger partial charge in [0, 0.05) is 19.5 Å². The van der Waals surface area contributed by atoms with E-state index in [9.17, 15) is 0 Å². The smallest absolute Gasteiger partial charge is 0.230 e. The molecule has 1 aliphatic carbocycles. The summed E-state index contributed by atoms with van der Waals surface area (Å²) in [6, 6.07) is 2.87. The quantitative estimate of drug-likeness (QED) is 0.918. The summed E-state index contributed by atoms with van der Waals surface area (Å²) >= 11 is 1.76. The van der Waals surface area contributed by atoms with Crippen LogP contribution in [0.3, 0.4) is 0 Å². The standard InChI is InChI=1S/C16H22N4OS/c1-12-18-19-15(21-12)10-20(9-13-2-7-22-11-13)14-8-16(14)3-5-17-6-4-16/h2,7,11,14,17H,3-6,8-10H2,1H3/t14-/m1/s1. The summed E-state index contributed by atoms with van der Waals surface area (Å²) in [7, 11) is 0. The molecule has 1 saturated carbocycles. The zero-order chi connectivity index (χ0) is 15.0. The molecule has 0 aromatic carbocycles. The number of hydrogen-bond donors (Lipinski definition) is 1. The van der Waals surface area contributed by atoms with Crippen LogP contribution >= 0.6 is 11.3 Å². The van der Waals surface area contributed by atoms with Gasteiger partial charge in [0.2, 0.25) is 11.8 Å². The van der Waals surface area contributed by atoms with Gasteiger partial charge in [-0.2, -0.15) is 11.3 Å². The van der Waals surface area contributed by atoms with Crippen molar-refractivity contribution in [2.45, 2.75) is 45.3 Å². The number of nitrogens with zero attached hydrogens (tertiary/aromatic N) is 3. The molecule has 2 aromatic rings. The summed E-state index contributed by atoms with van der Waals surface area (Å²) in [5, 5.41) is 16.0. The van der Waals surface area contributed by atoms with Gasteiger partial charge in [-0.3, -0.25) is 4.90 Å². The minimum atomic E-state index is 0.524. The van der Waals surface area contributed by atoms with Gasteiger partial charge in [0.15, 0.2) is 0 Å². The van der Waals surface area contributed by atoms with Crippen molar-refractivity contribution in [2.75, 3.05) is 13.1 Å². The van der Waals surface area contributed by atoms with Crippen LogP contribution in [0.25, 0.3) is 0 Å². The van der Waals surface area contributed by atoms with Crippen molar-refractivity contribution in [1.29, 1.82) is 0 Å². The second-order valence-electron chi connectivity index (χ2n) is 6.58. The molecule has 1 aliphatic heterocycles. The number of rotatable bonds is 5. The van der Waals surface area contributed by atoms with E-state index in [0.717, 1.165) is 32.1 Å². The van der Waals surface area contributed by atoms with Crippen molar-refractivity contribution in [2.24, 2.45) is 5.41 Å². The van der Waals surface area contributed by atoms with E-state index >= 15 is 0 Å². The van der Waals surface area contributed by atoms with Crippen LogP contribution in [0.4, 0.5) is 0 Å².